The van der Waals surface area contributed by atoms with Gasteiger partial charge in [-0.05, 0) is 25.1 Å². The van der Waals surface area contributed by atoms with Gasteiger partial charge in [0.25, 0.3) is 0 Å². The van der Waals surface area contributed by atoms with Crippen molar-refractivity contribution < 1.29 is 40.5 Å². The molecule has 0 spiro atoms. The highest BCUT2D eigenvalue weighted by atomic mass is 16.4. The van der Waals surface area contributed by atoms with Crippen LogP contribution in [-0.4, -0.2) is 72.7 Å². The van der Waals surface area contributed by atoms with Crippen molar-refractivity contribution in [2.75, 3.05) is 6.61 Å². The summed E-state index contributed by atoms with van der Waals surface area (Å²) in [6.45, 7) is 0.528. The maximum Gasteiger partial charge on any atom is 0.202 e. The number of benzene rings is 1. The molecule has 0 bridgehead atoms. The summed E-state index contributed by atoms with van der Waals surface area (Å²) in [6.07, 6.45) is -6.03. The van der Waals surface area contributed by atoms with Crippen LogP contribution in [0.3, 0.4) is 0 Å². The summed E-state index contributed by atoms with van der Waals surface area (Å²) in [5.41, 5.74) is -2.55. The monoisotopic (exact) mass is 331 g/mol. The number of hydrogen-bond donors (Lipinski definition) is 8. The third kappa shape index (κ3) is 4.38. The molecule has 0 aliphatic carbocycles. The molecule has 5 atom stereocenters. The van der Waals surface area contributed by atoms with E-state index in [1.807, 2.05) is 0 Å². The van der Waals surface area contributed by atoms with Crippen LogP contribution in [0.4, 0.5) is 0 Å². The number of phenols is 2. The minimum atomic E-state index is -2.67. The van der Waals surface area contributed by atoms with E-state index in [1.54, 1.807) is 0 Å². The minimum Gasteiger partial charge on any atom is -0.508 e. The van der Waals surface area contributed by atoms with Crippen LogP contribution in [0.25, 0.3) is 0 Å². The Bertz CT molecular complexity index is 540. The van der Waals surface area contributed by atoms with Crippen molar-refractivity contribution in [2.24, 2.45) is 0 Å². The third-order valence-corrected chi connectivity index (χ3v) is 3.46. The van der Waals surface area contributed by atoms with E-state index in [0.29, 0.717) is 0 Å². The molecule has 1 aromatic rings. The molecule has 0 amide bonds. The van der Waals surface area contributed by atoms with Crippen molar-refractivity contribution in [1.82, 2.24) is 5.32 Å². The molecule has 0 radical (unpaired) electrons. The van der Waals surface area contributed by atoms with Crippen LogP contribution in [-0.2, 0) is 4.79 Å². The van der Waals surface area contributed by atoms with Crippen molar-refractivity contribution in [3.8, 4) is 11.5 Å². The highest BCUT2D eigenvalue weighted by Crippen LogP contribution is 2.29. The van der Waals surface area contributed by atoms with Gasteiger partial charge in [0, 0.05) is 11.6 Å². The third-order valence-electron chi connectivity index (χ3n) is 3.46. The fourth-order valence-electron chi connectivity index (χ4n) is 2.08. The molecule has 9 nitrogen and oxygen atoms in total. The fourth-order valence-corrected chi connectivity index (χ4v) is 2.08. The number of aliphatic hydroxyl groups is 5. The van der Waals surface area contributed by atoms with E-state index in [9.17, 15) is 35.4 Å². The van der Waals surface area contributed by atoms with E-state index in [2.05, 4.69) is 5.32 Å². The Morgan fingerprint density at radius 2 is 1.87 bits per heavy atom. The van der Waals surface area contributed by atoms with Gasteiger partial charge in [0.2, 0.25) is 5.72 Å². The molecule has 0 aliphatic rings. The Morgan fingerprint density at radius 3 is 2.39 bits per heavy atom. The number of carbonyl (C=O) groups is 1. The van der Waals surface area contributed by atoms with Gasteiger partial charge >= 0.3 is 0 Å². The number of hydrogen-bond acceptors (Lipinski definition) is 9. The SMILES string of the molecule is CC(N[C@](O)(C=O)[C@H](O)[C@@H](O)[C@H](O)CO)c1cc(O)ccc1O. The predicted molar refractivity (Wildman–Crippen MR) is 77.4 cm³/mol. The topological polar surface area (TPSA) is 171 Å². The Labute approximate surface area is 132 Å². The molecule has 0 saturated carbocycles. The number of aliphatic hydroxyl groups excluding tert-OH is 4. The van der Waals surface area contributed by atoms with Crippen molar-refractivity contribution in [2.45, 2.75) is 37.0 Å². The number of carbonyl (C=O) groups excluding carboxylic acids is 1. The van der Waals surface area contributed by atoms with Crippen LogP contribution < -0.4 is 5.32 Å². The van der Waals surface area contributed by atoms with Gasteiger partial charge in [-0.15, -0.1) is 0 Å². The zero-order valence-corrected chi connectivity index (χ0v) is 12.4. The Balaban J connectivity index is 3.01. The number of aldehydes is 1. The molecule has 1 aromatic carbocycles. The first-order valence-corrected chi connectivity index (χ1v) is 6.79. The summed E-state index contributed by atoms with van der Waals surface area (Å²) in [6, 6.07) is 2.69. The van der Waals surface area contributed by atoms with Crippen molar-refractivity contribution in [3.05, 3.63) is 23.8 Å². The van der Waals surface area contributed by atoms with E-state index >= 15 is 0 Å². The second-order valence-corrected chi connectivity index (χ2v) is 5.24. The van der Waals surface area contributed by atoms with E-state index < -0.39 is 36.7 Å². The molecule has 0 aromatic heterocycles. The molecular formula is C14H21NO8. The van der Waals surface area contributed by atoms with Gasteiger partial charge in [0.1, 0.15) is 29.8 Å². The number of phenolic OH excluding ortho intramolecular Hbond substituents is 2. The molecule has 0 aliphatic heterocycles. The summed E-state index contributed by atoms with van der Waals surface area (Å²) in [4.78, 5) is 11.2. The fraction of sp³-hybridized carbons (Fsp3) is 0.500. The summed E-state index contributed by atoms with van der Waals surface area (Å²) in [7, 11) is 0. The van der Waals surface area contributed by atoms with Crippen LogP contribution in [0.5, 0.6) is 11.5 Å². The molecule has 8 N–H and O–H groups in total. The summed E-state index contributed by atoms with van der Waals surface area (Å²) >= 11 is 0. The van der Waals surface area contributed by atoms with Crippen molar-refractivity contribution in [1.29, 1.82) is 0 Å². The minimum absolute atomic E-state index is 0.0820. The lowest BCUT2D eigenvalue weighted by molar-refractivity contribution is -0.175. The van der Waals surface area contributed by atoms with Gasteiger partial charge < -0.3 is 35.7 Å². The molecule has 130 valence electrons. The maximum atomic E-state index is 11.2. The summed E-state index contributed by atoms with van der Waals surface area (Å²) in [5, 5.41) is 69.2. The maximum absolute atomic E-state index is 11.2. The zero-order chi connectivity index (χ0) is 17.8. The van der Waals surface area contributed by atoms with Gasteiger partial charge in [0.05, 0.1) is 6.61 Å². The van der Waals surface area contributed by atoms with Crippen LogP contribution in [0, 0.1) is 0 Å². The van der Waals surface area contributed by atoms with Gasteiger partial charge in [-0.2, -0.15) is 0 Å². The number of rotatable bonds is 8. The molecule has 0 heterocycles. The standard InChI is InChI=1S/C14H21NO8/c1-7(9-4-8(18)2-3-10(9)19)15-14(23,6-17)13(22)12(21)11(20)5-16/h2-4,6-7,11-13,15-16,18-23H,5H2,1H3/t7?,11-,12+,13-,14+/m1/s1. The number of aromatic hydroxyl groups is 2. The molecule has 23 heavy (non-hydrogen) atoms. The first kappa shape index (κ1) is 19.3. The van der Waals surface area contributed by atoms with Crippen LogP contribution >= 0.6 is 0 Å². The van der Waals surface area contributed by atoms with Gasteiger partial charge in [0.15, 0.2) is 6.29 Å². The lowest BCUT2D eigenvalue weighted by Gasteiger charge is -2.35. The molecule has 0 fully saturated rings. The normalized spacial score (nSPS) is 19.4. The largest absolute Gasteiger partial charge is 0.508 e. The van der Waals surface area contributed by atoms with Crippen LogP contribution in [0.2, 0.25) is 0 Å². The van der Waals surface area contributed by atoms with Crippen LogP contribution in [0.15, 0.2) is 18.2 Å². The lowest BCUT2D eigenvalue weighted by atomic mass is 9.96. The second kappa shape index (κ2) is 7.68. The van der Waals surface area contributed by atoms with Gasteiger partial charge in [-0.25, -0.2) is 0 Å². The molecule has 9 heteroatoms. The molecule has 1 rings (SSSR count). The first-order valence-electron chi connectivity index (χ1n) is 6.79. The Kier molecular flexibility index (Phi) is 6.45. The summed E-state index contributed by atoms with van der Waals surface area (Å²) in [5.74, 6) is -0.404. The second-order valence-electron chi connectivity index (χ2n) is 5.24. The van der Waals surface area contributed by atoms with Crippen molar-refractivity contribution in [3.63, 3.8) is 0 Å². The lowest BCUT2D eigenvalue weighted by Crippen LogP contribution is -2.62. The quantitative estimate of drug-likeness (QED) is 0.148. The van der Waals surface area contributed by atoms with E-state index in [0.717, 1.165) is 0 Å². The van der Waals surface area contributed by atoms with E-state index in [1.165, 1.54) is 25.1 Å². The van der Waals surface area contributed by atoms with Gasteiger partial charge in [-0.1, -0.05) is 0 Å². The van der Waals surface area contributed by atoms with Crippen molar-refractivity contribution >= 4 is 6.29 Å². The van der Waals surface area contributed by atoms with E-state index in [-0.39, 0.29) is 23.3 Å². The van der Waals surface area contributed by atoms with Crippen LogP contribution in [0.1, 0.15) is 18.5 Å². The molecular weight excluding hydrogens is 310 g/mol. The Hall–Kier alpha value is -1.75. The zero-order valence-electron chi connectivity index (χ0n) is 12.4. The summed E-state index contributed by atoms with van der Waals surface area (Å²) < 4.78 is 0. The Morgan fingerprint density at radius 1 is 1.26 bits per heavy atom. The highest BCUT2D eigenvalue weighted by Gasteiger charge is 2.43. The first-order chi connectivity index (χ1) is 10.7. The highest BCUT2D eigenvalue weighted by molar-refractivity contribution is 5.63. The smallest absolute Gasteiger partial charge is 0.202 e. The van der Waals surface area contributed by atoms with Gasteiger partial charge in [-0.3, -0.25) is 10.1 Å². The van der Waals surface area contributed by atoms with E-state index in [4.69, 9.17) is 5.11 Å². The molecule has 1 unspecified atom stereocenters. The average Bonchev–Trinajstić information content (AvgIpc) is 2.54. The predicted octanol–water partition coefficient (Wildman–Crippen LogP) is -2.29. The average molecular weight is 331 g/mol. The number of nitrogens with one attached hydrogen (secondary N) is 1. The molecule has 0 saturated heterocycles.